The molecule has 66 heavy (non-hydrogen) atoms. The molecule has 0 aromatic heterocycles. The van der Waals surface area contributed by atoms with Gasteiger partial charge in [0.15, 0.2) is 5.96 Å². The predicted octanol–water partition coefficient (Wildman–Crippen LogP) is -8.12. The Bertz CT molecular complexity index is 1690. The molecule has 376 valence electrons. The van der Waals surface area contributed by atoms with Gasteiger partial charge in [-0.3, -0.25) is 48.1 Å². The van der Waals surface area contributed by atoms with E-state index < -0.39 is 133 Å². The fourth-order valence-corrected chi connectivity index (χ4v) is 5.52. The number of nitrogens with one attached hydrogen (secondary N) is 9. The molecule has 0 aromatic rings. The van der Waals surface area contributed by atoms with Crippen LogP contribution in [0.15, 0.2) is 4.99 Å². The first-order valence-corrected chi connectivity index (χ1v) is 21.3. The first-order valence-electron chi connectivity index (χ1n) is 21.3. The molecule has 18 N–H and O–H groups in total. The van der Waals surface area contributed by atoms with Crippen LogP contribution in [0.25, 0.3) is 0 Å². The minimum Gasteiger partial charge on any atom is -0.394 e. The molecule has 0 aliphatic heterocycles. The van der Waals surface area contributed by atoms with Crippen LogP contribution >= 0.6 is 0 Å². The maximum Gasteiger partial charge on any atom is 0.245 e. The van der Waals surface area contributed by atoms with Crippen LogP contribution < -0.4 is 65.1 Å². The van der Waals surface area contributed by atoms with Crippen LogP contribution in [0.5, 0.6) is 0 Å². The molecule has 0 saturated carbocycles. The van der Waals surface area contributed by atoms with Gasteiger partial charge in [0, 0.05) is 6.54 Å². The van der Waals surface area contributed by atoms with Gasteiger partial charge in [0.05, 0.1) is 65.6 Å². The molecule has 0 aliphatic rings. The van der Waals surface area contributed by atoms with Gasteiger partial charge in [0.25, 0.3) is 0 Å². The highest BCUT2D eigenvalue weighted by Gasteiger charge is 2.33. The zero-order valence-electron chi connectivity index (χ0n) is 39.0. The van der Waals surface area contributed by atoms with E-state index in [1.165, 1.54) is 27.7 Å². The summed E-state index contributed by atoms with van der Waals surface area (Å²) in [7, 11) is 5.87. The molecular weight excluding hydrogens is 873 g/mol. The highest BCUT2D eigenvalue weighted by Crippen LogP contribution is 2.08. The second kappa shape index (κ2) is 30.2. The number of unbranched alkanes of at least 4 members (excludes halogenated alkanes) is 1. The first-order chi connectivity index (χ1) is 30.6. The van der Waals surface area contributed by atoms with Gasteiger partial charge >= 0.3 is 0 Å². The molecule has 0 unspecified atom stereocenters. The van der Waals surface area contributed by atoms with Crippen LogP contribution in [-0.2, 0) is 47.9 Å². The molecule has 0 aliphatic carbocycles. The Morgan fingerprint density at radius 1 is 0.591 bits per heavy atom. The number of carbonyl (C=O) groups excluding carboxylic acids is 10. The largest absolute Gasteiger partial charge is 0.394 e. The molecule has 27 heteroatoms. The summed E-state index contributed by atoms with van der Waals surface area (Å²) in [6.45, 7) is 4.93. The zero-order valence-corrected chi connectivity index (χ0v) is 39.0. The summed E-state index contributed by atoms with van der Waals surface area (Å²) in [5.41, 5.74) is 16.5. The van der Waals surface area contributed by atoms with Crippen molar-refractivity contribution in [3.63, 3.8) is 0 Å². The molecule has 0 spiro atoms. The van der Waals surface area contributed by atoms with E-state index in [0.717, 1.165) is 6.92 Å². The fourth-order valence-electron chi connectivity index (χ4n) is 5.52. The third-order valence-corrected chi connectivity index (χ3v) is 9.45. The Hall–Kier alpha value is -6.03. The second-order valence-corrected chi connectivity index (χ2v) is 16.8. The van der Waals surface area contributed by atoms with Crippen molar-refractivity contribution in [1.82, 2.24) is 47.9 Å². The minimum absolute atomic E-state index is 0.0210. The quantitative estimate of drug-likeness (QED) is 0.0101. The smallest absolute Gasteiger partial charge is 0.245 e. The van der Waals surface area contributed by atoms with Gasteiger partial charge in [0.1, 0.15) is 48.6 Å². The van der Waals surface area contributed by atoms with Gasteiger partial charge < -0.3 is 89.6 Å². The Morgan fingerprint density at radius 2 is 1.09 bits per heavy atom. The van der Waals surface area contributed by atoms with Crippen LogP contribution in [0.3, 0.4) is 0 Å². The van der Waals surface area contributed by atoms with Crippen molar-refractivity contribution in [2.24, 2.45) is 22.2 Å². The molecule has 27 nitrogen and oxygen atoms in total. The number of quaternary nitrogens is 1. The average molecular weight is 946 g/mol. The van der Waals surface area contributed by atoms with Crippen molar-refractivity contribution in [3.8, 4) is 0 Å². The molecule has 9 amide bonds. The maximum atomic E-state index is 13.8. The van der Waals surface area contributed by atoms with Crippen molar-refractivity contribution in [1.29, 1.82) is 0 Å². The van der Waals surface area contributed by atoms with E-state index >= 15 is 0 Å². The van der Waals surface area contributed by atoms with Crippen LogP contribution in [0.1, 0.15) is 66.7 Å². The Labute approximate surface area is 383 Å². The number of nitrogens with zero attached hydrogens (tertiary/aromatic N) is 2. The molecular formula is C39H73N14O13+. The number of hydrogen-bond acceptors (Lipinski definition) is 15. The predicted molar refractivity (Wildman–Crippen MR) is 238 cm³/mol. The number of hydrogen-bond donors (Lipinski definition) is 15. The number of aldehydes is 1. The molecule has 0 fully saturated rings. The summed E-state index contributed by atoms with van der Waals surface area (Å²) in [6, 6.07) is -10.5. The summed E-state index contributed by atoms with van der Waals surface area (Å²) >= 11 is 0. The Kier molecular flexibility index (Phi) is 27.5. The summed E-state index contributed by atoms with van der Waals surface area (Å²) in [5, 5.41) is 51.3. The Balaban J connectivity index is 6.00. The van der Waals surface area contributed by atoms with Gasteiger partial charge in [-0.15, -0.1) is 0 Å². The van der Waals surface area contributed by atoms with Crippen molar-refractivity contribution < 1.29 is 67.7 Å². The average Bonchev–Trinajstić information content (AvgIpc) is 3.23. The van der Waals surface area contributed by atoms with Crippen molar-refractivity contribution in [2.75, 3.05) is 53.9 Å². The lowest BCUT2D eigenvalue weighted by Gasteiger charge is -2.27. The number of aliphatic hydroxyl groups excluding tert-OH is 3. The number of guanidine groups is 1. The number of aliphatic hydroxyl groups is 3. The number of nitrogens with two attached hydrogens (primary N) is 3. The molecule has 0 aromatic carbocycles. The van der Waals surface area contributed by atoms with Crippen LogP contribution in [0.4, 0.5) is 0 Å². The fraction of sp³-hybridized carbons (Fsp3) is 0.718. The standard InChI is InChI=1S/C39H72N14O13/c1-20(18-54)46-32(60)21(2)47-29(59)17-44-28(58)16-45-38(66)31(24(5)57)52-36(64)27(19-55)51-35(63)25(12-9-10-15-53(6,7)8)50-34(62)26(13-11-14-43-39(41)42)49-33(61)22(3)48-37(65)30(40)23(4)56/h18,20-27,30-31,55-57H,9-17,19,40H2,1-8H3,(H12-,41,42,43,44,45,46,47,48,49,50,51,52,58,59,60,61,62,63,64,65,66)/p+1/t20-,21-,22-,23+,24+,25-,26-,27-,30-,31-/m0/s1. The van der Waals surface area contributed by atoms with Gasteiger partial charge in [-0.25, -0.2) is 0 Å². The normalized spacial score (nSPS) is 15.7. The minimum atomic E-state index is -1.74. The third kappa shape index (κ3) is 24.9. The lowest BCUT2D eigenvalue weighted by molar-refractivity contribution is -0.870. The summed E-state index contributed by atoms with van der Waals surface area (Å²) in [4.78, 5) is 131. The monoisotopic (exact) mass is 946 g/mol. The van der Waals surface area contributed by atoms with Gasteiger partial charge in [-0.2, -0.15) is 0 Å². The number of amides is 9. The first kappa shape index (κ1) is 60.0. The van der Waals surface area contributed by atoms with E-state index in [-0.39, 0.29) is 31.8 Å². The van der Waals surface area contributed by atoms with E-state index in [1.807, 2.05) is 21.1 Å². The number of carbonyl (C=O) groups is 10. The van der Waals surface area contributed by atoms with Crippen LogP contribution in [0.2, 0.25) is 0 Å². The summed E-state index contributed by atoms with van der Waals surface area (Å²) in [6.07, 6.45) is -1.20. The van der Waals surface area contributed by atoms with E-state index in [9.17, 15) is 63.3 Å². The van der Waals surface area contributed by atoms with E-state index in [2.05, 4.69) is 52.8 Å². The molecule has 0 bridgehead atoms. The molecule has 0 saturated heterocycles. The summed E-state index contributed by atoms with van der Waals surface area (Å²) < 4.78 is 0.585. The van der Waals surface area contributed by atoms with Gasteiger partial charge in [0.2, 0.25) is 53.2 Å². The third-order valence-electron chi connectivity index (χ3n) is 9.45. The van der Waals surface area contributed by atoms with Crippen molar-refractivity contribution in [3.05, 3.63) is 0 Å². The van der Waals surface area contributed by atoms with E-state index in [4.69, 9.17) is 17.2 Å². The molecule has 0 radical (unpaired) electrons. The topological polar surface area (TPSA) is 430 Å². The van der Waals surface area contributed by atoms with Crippen molar-refractivity contribution >= 4 is 65.4 Å². The number of rotatable bonds is 31. The van der Waals surface area contributed by atoms with Gasteiger partial charge in [-0.05, 0) is 66.7 Å². The molecule has 10 atom stereocenters. The van der Waals surface area contributed by atoms with Crippen LogP contribution in [-0.4, -0.2) is 200 Å². The second-order valence-electron chi connectivity index (χ2n) is 16.8. The van der Waals surface area contributed by atoms with E-state index in [0.29, 0.717) is 30.2 Å². The lowest BCUT2D eigenvalue weighted by atomic mass is 10.0. The van der Waals surface area contributed by atoms with E-state index in [1.54, 1.807) is 0 Å². The molecule has 0 rings (SSSR count). The Morgan fingerprint density at radius 3 is 1.61 bits per heavy atom. The van der Waals surface area contributed by atoms with Gasteiger partial charge in [-0.1, -0.05) is 0 Å². The van der Waals surface area contributed by atoms with Crippen molar-refractivity contribution in [2.45, 2.75) is 127 Å². The highest BCUT2D eigenvalue weighted by atomic mass is 16.3. The zero-order chi connectivity index (χ0) is 50.9. The lowest BCUT2D eigenvalue weighted by Crippen LogP contribution is -2.61. The van der Waals surface area contributed by atoms with Crippen LogP contribution in [0, 0.1) is 0 Å². The maximum absolute atomic E-state index is 13.8. The molecule has 0 heterocycles. The number of aliphatic imine (C=N–C) groups is 1. The summed E-state index contributed by atoms with van der Waals surface area (Å²) in [5.74, 6) is -8.14. The highest BCUT2D eigenvalue weighted by molar-refractivity contribution is 5.97. The SMILES string of the molecule is C[C@H](NC(=O)CNC(=O)CNC(=O)[C@@H](NC(=O)[C@H](CO)NC(=O)[C@H](CCCC[N+](C)(C)C)NC(=O)[C@H](CCCN=C(N)N)NC(=O)[C@H](C)NC(=O)[C@@H](N)[C@@H](C)O)[C@@H](C)O)C(=O)N[C@@H](C)C=O.